The van der Waals surface area contributed by atoms with E-state index in [0.29, 0.717) is 0 Å². The third-order valence-electron chi connectivity index (χ3n) is 2.62. The van der Waals surface area contributed by atoms with Crippen molar-refractivity contribution in [2.24, 2.45) is 5.84 Å². The van der Waals surface area contributed by atoms with Crippen LogP contribution in [0.15, 0.2) is 54.9 Å². The molecule has 0 saturated heterocycles. The number of nitrogens with zero attached hydrogens (tertiary/aromatic N) is 2. The van der Waals surface area contributed by atoms with Crippen molar-refractivity contribution in [1.82, 2.24) is 15.2 Å². The molecule has 0 bridgehead atoms. The highest BCUT2D eigenvalue weighted by Gasteiger charge is 2.12. The monoisotopic (exact) mass is 228 g/mol. The van der Waals surface area contributed by atoms with Gasteiger partial charge in [-0.05, 0) is 19.1 Å². The van der Waals surface area contributed by atoms with E-state index in [1.54, 1.807) is 6.20 Å². The van der Waals surface area contributed by atoms with Crippen molar-refractivity contribution in [1.29, 1.82) is 0 Å². The molecular weight excluding hydrogens is 212 g/mol. The Morgan fingerprint density at radius 3 is 2.71 bits per heavy atom. The summed E-state index contributed by atoms with van der Waals surface area (Å²) in [4.78, 5) is 0. The van der Waals surface area contributed by atoms with Gasteiger partial charge in [-0.15, -0.1) is 0 Å². The number of nitrogens with one attached hydrogen (secondary N) is 1. The molecule has 2 rings (SSSR count). The van der Waals surface area contributed by atoms with Gasteiger partial charge in [0, 0.05) is 11.8 Å². The lowest BCUT2D eigenvalue weighted by molar-refractivity contribution is 0.627. The molecule has 0 aliphatic carbocycles. The van der Waals surface area contributed by atoms with E-state index in [1.165, 1.54) is 0 Å². The Bertz CT molecular complexity index is 501. The third kappa shape index (κ3) is 2.43. The van der Waals surface area contributed by atoms with E-state index in [9.17, 15) is 0 Å². The van der Waals surface area contributed by atoms with Gasteiger partial charge in [-0.25, -0.2) is 10.1 Å². The Kier molecular flexibility index (Phi) is 3.37. The van der Waals surface area contributed by atoms with Crippen LogP contribution in [-0.4, -0.2) is 9.78 Å². The summed E-state index contributed by atoms with van der Waals surface area (Å²) in [7, 11) is 0. The maximum absolute atomic E-state index is 5.51. The number of hydrazine groups is 1. The molecule has 0 saturated carbocycles. The minimum absolute atomic E-state index is 0.0625. The number of benzene rings is 1. The number of nitrogens with two attached hydrogens (primary N) is 1. The Hall–Kier alpha value is -1.91. The second-order valence-corrected chi connectivity index (χ2v) is 4.00. The van der Waals surface area contributed by atoms with E-state index >= 15 is 0 Å². The summed E-state index contributed by atoms with van der Waals surface area (Å²) in [5, 5.41) is 4.32. The molecule has 0 amide bonds. The van der Waals surface area contributed by atoms with Crippen LogP contribution in [0.25, 0.3) is 5.69 Å². The lowest BCUT2D eigenvalue weighted by Gasteiger charge is -2.13. The zero-order valence-electron chi connectivity index (χ0n) is 9.80. The van der Waals surface area contributed by atoms with Crippen LogP contribution in [0, 0.1) is 0 Å². The van der Waals surface area contributed by atoms with Crippen LogP contribution in [0.5, 0.6) is 0 Å². The second-order valence-electron chi connectivity index (χ2n) is 4.00. The van der Waals surface area contributed by atoms with Crippen LogP contribution in [0.4, 0.5) is 0 Å². The summed E-state index contributed by atoms with van der Waals surface area (Å²) in [6.45, 7) is 5.84. The zero-order valence-corrected chi connectivity index (χ0v) is 9.80. The maximum Gasteiger partial charge on any atom is 0.0695 e. The van der Waals surface area contributed by atoms with E-state index in [4.69, 9.17) is 5.84 Å². The number of hydrogen-bond donors (Lipinski definition) is 2. The molecule has 0 radical (unpaired) electrons. The van der Waals surface area contributed by atoms with Crippen LogP contribution in [0.3, 0.4) is 0 Å². The van der Waals surface area contributed by atoms with E-state index in [-0.39, 0.29) is 6.04 Å². The van der Waals surface area contributed by atoms with Gasteiger partial charge in [0.1, 0.15) is 0 Å². The zero-order chi connectivity index (χ0) is 12.3. The van der Waals surface area contributed by atoms with Gasteiger partial charge in [0.2, 0.25) is 0 Å². The molecule has 1 aromatic carbocycles. The van der Waals surface area contributed by atoms with Crippen LogP contribution >= 0.6 is 0 Å². The summed E-state index contributed by atoms with van der Waals surface area (Å²) < 4.78 is 1.82. The first-order valence-electron chi connectivity index (χ1n) is 5.44. The average Bonchev–Trinajstić information content (AvgIpc) is 2.80. The molecule has 4 heteroatoms. The summed E-state index contributed by atoms with van der Waals surface area (Å²) >= 11 is 0. The minimum Gasteiger partial charge on any atom is -0.271 e. The Morgan fingerprint density at radius 2 is 2.12 bits per heavy atom. The highest BCUT2D eigenvalue weighted by atomic mass is 15.3. The van der Waals surface area contributed by atoms with Gasteiger partial charge in [-0.1, -0.05) is 30.4 Å². The van der Waals surface area contributed by atoms with Crippen LogP contribution in [-0.2, 0) is 0 Å². The lowest BCUT2D eigenvalue weighted by atomic mass is 10.1. The van der Waals surface area contributed by atoms with Gasteiger partial charge in [0.05, 0.1) is 17.9 Å². The van der Waals surface area contributed by atoms with E-state index in [0.717, 1.165) is 16.8 Å². The number of rotatable bonds is 4. The first kappa shape index (κ1) is 11.6. The molecule has 1 unspecified atom stereocenters. The van der Waals surface area contributed by atoms with E-state index < -0.39 is 0 Å². The first-order valence-corrected chi connectivity index (χ1v) is 5.44. The largest absolute Gasteiger partial charge is 0.271 e. The molecular formula is C13H16N4. The van der Waals surface area contributed by atoms with Crippen LogP contribution < -0.4 is 11.3 Å². The molecule has 2 aromatic rings. The molecule has 1 aromatic heterocycles. The molecule has 4 nitrogen and oxygen atoms in total. The SMILES string of the molecule is C=C(C)C(NN)c1cnn(-c2ccccc2)c1. The normalized spacial score (nSPS) is 12.4. The third-order valence-corrected chi connectivity index (χ3v) is 2.62. The number of para-hydroxylation sites is 1. The maximum atomic E-state index is 5.51. The second kappa shape index (κ2) is 4.95. The summed E-state index contributed by atoms with van der Waals surface area (Å²) in [5.74, 6) is 5.51. The first-order chi connectivity index (χ1) is 8.22. The van der Waals surface area contributed by atoms with Crippen molar-refractivity contribution in [2.75, 3.05) is 0 Å². The van der Waals surface area contributed by atoms with E-state index in [2.05, 4.69) is 17.1 Å². The quantitative estimate of drug-likeness (QED) is 0.478. The van der Waals surface area contributed by atoms with Gasteiger partial charge in [-0.3, -0.25) is 5.84 Å². The van der Waals surface area contributed by atoms with Gasteiger partial charge in [-0.2, -0.15) is 5.10 Å². The molecule has 17 heavy (non-hydrogen) atoms. The number of hydrogen-bond acceptors (Lipinski definition) is 3. The van der Waals surface area contributed by atoms with Crippen molar-refractivity contribution in [3.63, 3.8) is 0 Å². The van der Waals surface area contributed by atoms with Crippen LogP contribution in [0.1, 0.15) is 18.5 Å². The molecule has 88 valence electrons. The average molecular weight is 228 g/mol. The summed E-state index contributed by atoms with van der Waals surface area (Å²) in [6.07, 6.45) is 3.75. The van der Waals surface area contributed by atoms with Crippen molar-refractivity contribution in [2.45, 2.75) is 13.0 Å². The fourth-order valence-electron chi connectivity index (χ4n) is 1.73. The van der Waals surface area contributed by atoms with Gasteiger partial charge in [0.15, 0.2) is 0 Å². The highest BCUT2D eigenvalue weighted by Crippen LogP contribution is 2.19. The number of aromatic nitrogens is 2. The summed E-state index contributed by atoms with van der Waals surface area (Å²) in [5.41, 5.74) is 5.72. The smallest absolute Gasteiger partial charge is 0.0695 e. The topological polar surface area (TPSA) is 55.9 Å². The van der Waals surface area contributed by atoms with Crippen LogP contribution in [0.2, 0.25) is 0 Å². The Balaban J connectivity index is 2.30. The predicted octanol–water partition coefficient (Wildman–Crippen LogP) is 1.95. The van der Waals surface area contributed by atoms with Gasteiger partial charge < -0.3 is 0 Å². The fraction of sp³-hybridized carbons (Fsp3) is 0.154. The Labute approximate surface area is 101 Å². The Morgan fingerprint density at radius 1 is 1.41 bits per heavy atom. The van der Waals surface area contributed by atoms with E-state index in [1.807, 2.05) is 48.1 Å². The minimum atomic E-state index is -0.0625. The lowest BCUT2D eigenvalue weighted by Crippen LogP contribution is -2.28. The van der Waals surface area contributed by atoms with Crippen molar-refractivity contribution >= 4 is 0 Å². The predicted molar refractivity (Wildman–Crippen MR) is 68.4 cm³/mol. The fourth-order valence-corrected chi connectivity index (χ4v) is 1.73. The van der Waals surface area contributed by atoms with Crippen molar-refractivity contribution < 1.29 is 0 Å². The molecule has 0 spiro atoms. The summed E-state index contributed by atoms with van der Waals surface area (Å²) in [6, 6.07) is 9.88. The van der Waals surface area contributed by atoms with Crippen molar-refractivity contribution in [3.05, 3.63) is 60.4 Å². The van der Waals surface area contributed by atoms with Gasteiger partial charge in [0.25, 0.3) is 0 Å². The molecule has 0 aliphatic rings. The molecule has 0 fully saturated rings. The standard InChI is InChI=1S/C13H16N4/c1-10(2)13(16-14)11-8-15-17(9-11)12-6-4-3-5-7-12/h3-9,13,16H,1,14H2,2H3. The molecule has 1 atom stereocenters. The van der Waals surface area contributed by atoms with Gasteiger partial charge >= 0.3 is 0 Å². The molecule has 1 heterocycles. The molecule has 3 N–H and O–H groups in total. The van der Waals surface area contributed by atoms with Crippen molar-refractivity contribution in [3.8, 4) is 5.69 Å². The molecule has 0 aliphatic heterocycles. The highest BCUT2D eigenvalue weighted by molar-refractivity contribution is 5.32.